The van der Waals surface area contributed by atoms with Gasteiger partial charge in [0.15, 0.2) is 11.5 Å². The van der Waals surface area contributed by atoms with Crippen molar-refractivity contribution in [3.05, 3.63) is 23.3 Å². The van der Waals surface area contributed by atoms with E-state index in [-0.39, 0.29) is 24.0 Å². The molecule has 2 aliphatic heterocycles. The zero-order valence-corrected chi connectivity index (χ0v) is 19.3. The van der Waals surface area contributed by atoms with Crippen molar-refractivity contribution >= 4 is 5.97 Å². The van der Waals surface area contributed by atoms with Crippen LogP contribution >= 0.6 is 0 Å². The summed E-state index contributed by atoms with van der Waals surface area (Å²) in [7, 11) is 3.34. The van der Waals surface area contributed by atoms with Gasteiger partial charge in [0, 0.05) is 31.5 Å². The fourth-order valence-corrected chi connectivity index (χ4v) is 4.88. The molecule has 0 amide bonds. The van der Waals surface area contributed by atoms with E-state index in [4.69, 9.17) is 19.9 Å². The summed E-state index contributed by atoms with van der Waals surface area (Å²) in [5, 5.41) is 0. The molecule has 0 radical (unpaired) electrons. The quantitative estimate of drug-likeness (QED) is 0.683. The van der Waals surface area contributed by atoms with Crippen LogP contribution in [0, 0.1) is 17.8 Å². The van der Waals surface area contributed by atoms with E-state index in [0.717, 1.165) is 43.9 Å². The van der Waals surface area contributed by atoms with E-state index in [1.54, 1.807) is 14.2 Å². The summed E-state index contributed by atoms with van der Waals surface area (Å²) in [6.45, 7) is 10.3. The second-order valence-electron chi connectivity index (χ2n) is 9.54. The van der Waals surface area contributed by atoms with Crippen LogP contribution in [-0.4, -0.2) is 50.3 Å². The van der Waals surface area contributed by atoms with Gasteiger partial charge >= 0.3 is 5.97 Å². The molecule has 1 saturated heterocycles. The molecule has 2 aliphatic rings. The Labute approximate surface area is 181 Å². The lowest BCUT2D eigenvalue weighted by molar-refractivity contribution is -0.160. The summed E-state index contributed by atoms with van der Waals surface area (Å²) in [5.74, 6) is 2.18. The number of carbonyl (C=O) groups is 1. The monoisotopic (exact) mass is 418 g/mol. The molecule has 30 heavy (non-hydrogen) atoms. The highest BCUT2D eigenvalue weighted by Crippen LogP contribution is 2.44. The molecule has 0 aliphatic carbocycles. The molecule has 1 unspecified atom stereocenters. The number of hydrogen-bond acceptors (Lipinski definition) is 6. The number of carbonyl (C=O) groups excluding carboxylic acids is 1. The number of fused-ring (bicyclic) bond motifs is 3. The van der Waals surface area contributed by atoms with Crippen LogP contribution in [0.4, 0.5) is 0 Å². The molecule has 0 bridgehead atoms. The van der Waals surface area contributed by atoms with E-state index in [9.17, 15) is 4.79 Å². The second kappa shape index (κ2) is 9.56. The van der Waals surface area contributed by atoms with Gasteiger partial charge in [-0.3, -0.25) is 9.69 Å². The molecule has 6 heteroatoms. The van der Waals surface area contributed by atoms with Crippen molar-refractivity contribution in [3.8, 4) is 11.5 Å². The van der Waals surface area contributed by atoms with Crippen LogP contribution in [0.2, 0.25) is 0 Å². The Morgan fingerprint density at radius 3 is 2.43 bits per heavy atom. The molecule has 2 N–H and O–H groups in total. The van der Waals surface area contributed by atoms with Gasteiger partial charge in [0.1, 0.15) is 12.1 Å². The van der Waals surface area contributed by atoms with Gasteiger partial charge in [-0.25, -0.2) is 0 Å². The smallest absolute Gasteiger partial charge is 0.323 e. The van der Waals surface area contributed by atoms with E-state index in [1.807, 2.05) is 13.8 Å². The average Bonchev–Trinajstić information content (AvgIpc) is 2.71. The molecular formula is C24H38N2O4. The van der Waals surface area contributed by atoms with Crippen LogP contribution in [0.15, 0.2) is 12.1 Å². The first-order valence-corrected chi connectivity index (χ1v) is 11.2. The zero-order chi connectivity index (χ0) is 22.0. The van der Waals surface area contributed by atoms with Crippen molar-refractivity contribution in [3.63, 3.8) is 0 Å². The van der Waals surface area contributed by atoms with Gasteiger partial charge < -0.3 is 19.9 Å². The minimum absolute atomic E-state index is 0.0632. The highest BCUT2D eigenvalue weighted by atomic mass is 16.5. The Bertz CT molecular complexity index is 749. The minimum Gasteiger partial charge on any atom is -0.493 e. The molecule has 1 fully saturated rings. The van der Waals surface area contributed by atoms with Crippen LogP contribution in [0.5, 0.6) is 11.5 Å². The molecule has 6 nitrogen and oxygen atoms in total. The van der Waals surface area contributed by atoms with Crippen molar-refractivity contribution in [1.29, 1.82) is 0 Å². The lowest BCUT2D eigenvalue weighted by atomic mass is 9.79. The van der Waals surface area contributed by atoms with Crippen molar-refractivity contribution in [2.45, 2.75) is 65.1 Å². The summed E-state index contributed by atoms with van der Waals surface area (Å²) in [6.07, 6.45) is 2.70. The summed E-state index contributed by atoms with van der Waals surface area (Å²) in [5.41, 5.74) is 8.64. The molecular weight excluding hydrogens is 380 g/mol. The van der Waals surface area contributed by atoms with E-state index in [1.165, 1.54) is 11.1 Å². The molecule has 1 aromatic rings. The van der Waals surface area contributed by atoms with Crippen LogP contribution in [0.3, 0.4) is 0 Å². The summed E-state index contributed by atoms with van der Waals surface area (Å²) >= 11 is 0. The Morgan fingerprint density at radius 2 is 1.83 bits per heavy atom. The van der Waals surface area contributed by atoms with Gasteiger partial charge in [0.25, 0.3) is 0 Å². The van der Waals surface area contributed by atoms with Crippen LogP contribution in [0.25, 0.3) is 0 Å². The van der Waals surface area contributed by atoms with E-state index >= 15 is 0 Å². The lowest BCUT2D eigenvalue weighted by Gasteiger charge is -2.47. The fourth-order valence-electron chi connectivity index (χ4n) is 4.88. The van der Waals surface area contributed by atoms with E-state index in [2.05, 4.69) is 30.9 Å². The molecule has 1 aromatic carbocycles. The number of ether oxygens (including phenoxy) is 3. The van der Waals surface area contributed by atoms with Gasteiger partial charge in [0.2, 0.25) is 0 Å². The van der Waals surface area contributed by atoms with Gasteiger partial charge in [0.05, 0.1) is 14.2 Å². The maximum absolute atomic E-state index is 12.7. The number of benzene rings is 1. The number of piperidine rings is 1. The lowest BCUT2D eigenvalue weighted by Crippen LogP contribution is -2.51. The van der Waals surface area contributed by atoms with Crippen molar-refractivity contribution in [1.82, 2.24) is 4.90 Å². The number of rotatable bonds is 7. The predicted molar refractivity (Wildman–Crippen MR) is 118 cm³/mol. The van der Waals surface area contributed by atoms with Crippen LogP contribution in [-0.2, 0) is 16.0 Å². The molecule has 3 rings (SSSR count). The second-order valence-corrected chi connectivity index (χ2v) is 9.54. The fraction of sp³-hybridized carbons (Fsp3) is 0.708. The topological polar surface area (TPSA) is 74.0 Å². The normalized spacial score (nSPS) is 24.9. The summed E-state index contributed by atoms with van der Waals surface area (Å²) < 4.78 is 17.1. The molecule has 0 spiro atoms. The highest BCUT2D eigenvalue weighted by Gasteiger charge is 2.41. The van der Waals surface area contributed by atoms with Gasteiger partial charge in [-0.2, -0.15) is 0 Å². The Hall–Kier alpha value is -1.79. The largest absolute Gasteiger partial charge is 0.493 e. The van der Waals surface area contributed by atoms with Gasteiger partial charge in [-0.15, -0.1) is 0 Å². The van der Waals surface area contributed by atoms with Crippen molar-refractivity contribution in [2.75, 3.05) is 27.3 Å². The van der Waals surface area contributed by atoms with Gasteiger partial charge in [-0.05, 0) is 47.9 Å². The number of nitrogens with two attached hydrogens (primary N) is 1. The molecule has 0 aromatic heterocycles. The van der Waals surface area contributed by atoms with Crippen molar-refractivity contribution in [2.24, 2.45) is 23.5 Å². The Kier molecular flexibility index (Phi) is 7.30. The Morgan fingerprint density at radius 1 is 1.17 bits per heavy atom. The molecule has 2 heterocycles. The third kappa shape index (κ3) is 4.75. The van der Waals surface area contributed by atoms with Crippen LogP contribution in [0.1, 0.15) is 57.7 Å². The molecule has 168 valence electrons. The highest BCUT2D eigenvalue weighted by molar-refractivity contribution is 5.76. The van der Waals surface area contributed by atoms with Crippen molar-refractivity contribution < 1.29 is 19.0 Å². The average molecular weight is 419 g/mol. The number of hydrogen-bond donors (Lipinski definition) is 1. The number of methoxy groups -OCH3 is 2. The first-order valence-electron chi connectivity index (χ1n) is 11.2. The van der Waals surface area contributed by atoms with Crippen LogP contribution < -0.4 is 15.2 Å². The first-order chi connectivity index (χ1) is 14.2. The molecule has 4 atom stereocenters. The summed E-state index contributed by atoms with van der Waals surface area (Å²) in [6, 6.07) is 3.84. The third-order valence-corrected chi connectivity index (χ3v) is 6.60. The standard InChI is InChI=1S/C24H38N2O4/c1-14(2)9-17-13-26-8-7-16-10-21(28-5)22(29-6)11-18(16)19(26)12-20(17)30-24(27)23(25)15(3)4/h10-11,14-15,17,19-20,23H,7-9,12-13,25H2,1-6H3/t17-,19-,20+,23?/m1/s1. The predicted octanol–water partition coefficient (Wildman–Crippen LogP) is 3.56. The first kappa shape index (κ1) is 22.9. The minimum atomic E-state index is -0.578. The SMILES string of the molecule is COc1cc2c(cc1OC)[C@H]1C[C@H](OC(=O)C(N)C(C)C)[C@H](CC(C)C)CN1CC2. The van der Waals surface area contributed by atoms with Gasteiger partial charge in [-0.1, -0.05) is 27.7 Å². The maximum atomic E-state index is 12.7. The number of nitrogens with zero attached hydrogens (tertiary/aromatic N) is 1. The Balaban J connectivity index is 1.88. The maximum Gasteiger partial charge on any atom is 0.323 e. The third-order valence-electron chi connectivity index (χ3n) is 6.60. The zero-order valence-electron chi connectivity index (χ0n) is 19.3. The summed E-state index contributed by atoms with van der Waals surface area (Å²) in [4.78, 5) is 15.2. The molecule has 0 saturated carbocycles. The number of esters is 1. The van der Waals surface area contributed by atoms with E-state index in [0.29, 0.717) is 11.8 Å². The van der Waals surface area contributed by atoms with E-state index < -0.39 is 6.04 Å².